The Kier molecular flexibility index (Phi) is 0.460. The molecule has 0 saturated heterocycles. The third-order valence-electron chi connectivity index (χ3n) is 0.676. The first-order valence-corrected chi connectivity index (χ1v) is 2.85. The minimum absolute atomic E-state index is 0.183. The summed E-state index contributed by atoms with van der Waals surface area (Å²) >= 11 is 2.80. The molecule has 0 aromatic carbocycles. The maximum atomic E-state index is 7.80. The summed E-state index contributed by atoms with van der Waals surface area (Å²) in [5, 5.41) is 0. The fraction of sp³-hybridized carbons (Fsp3) is 0.500. The van der Waals surface area contributed by atoms with E-state index < -0.39 is 32.2 Å². The highest BCUT2D eigenvalue weighted by Gasteiger charge is 1.96. The standard InChI is InChI=1S/C6H9BrN2/c1-5(2)9-3-6(7)8-4-9/h3-5H,1-2H3/i1D3,2D3,3D,4D,5D. The fourth-order valence-corrected chi connectivity index (χ4v) is 0.599. The van der Waals surface area contributed by atoms with Crippen LogP contribution in [0.25, 0.3) is 0 Å². The lowest BCUT2D eigenvalue weighted by Crippen LogP contribution is -1.95. The van der Waals surface area contributed by atoms with Crippen LogP contribution in [0.15, 0.2) is 17.1 Å². The molecule has 1 heterocycles. The molecule has 9 heavy (non-hydrogen) atoms. The Balaban J connectivity index is 3.66. The van der Waals surface area contributed by atoms with E-state index in [0.717, 1.165) is 0 Å². The molecule has 0 aliphatic rings. The number of hydrogen-bond acceptors (Lipinski definition) is 1. The van der Waals surface area contributed by atoms with Crippen molar-refractivity contribution in [2.45, 2.75) is 19.7 Å². The van der Waals surface area contributed by atoms with Crippen molar-refractivity contribution < 1.29 is 12.3 Å². The van der Waals surface area contributed by atoms with Crippen molar-refractivity contribution in [3.8, 4) is 0 Å². The molecule has 0 unspecified atom stereocenters. The minimum atomic E-state index is -3.25. The molecule has 0 aliphatic carbocycles. The number of nitrogens with zero attached hydrogens (tertiary/aromatic N) is 2. The molecule has 1 aromatic rings. The van der Waals surface area contributed by atoms with Gasteiger partial charge in [-0.05, 0) is 29.6 Å². The Hall–Kier alpha value is -0.310. The van der Waals surface area contributed by atoms with Gasteiger partial charge in [-0.15, -0.1) is 0 Å². The van der Waals surface area contributed by atoms with E-state index in [-0.39, 0.29) is 9.17 Å². The molecule has 1 rings (SSSR count). The van der Waals surface area contributed by atoms with E-state index in [1.807, 2.05) is 0 Å². The lowest BCUT2D eigenvalue weighted by molar-refractivity contribution is 0.599. The predicted molar refractivity (Wildman–Crippen MR) is 40.3 cm³/mol. The molecule has 0 spiro atoms. The van der Waals surface area contributed by atoms with Crippen LogP contribution in [0.1, 0.15) is 32.1 Å². The van der Waals surface area contributed by atoms with Crippen LogP contribution in [0.5, 0.6) is 0 Å². The normalized spacial score (nSPS) is 29.2. The van der Waals surface area contributed by atoms with E-state index in [2.05, 4.69) is 20.9 Å². The smallest absolute Gasteiger partial charge is 0.124 e. The average molecular weight is 198 g/mol. The fourth-order valence-electron chi connectivity index (χ4n) is 0.342. The Bertz CT molecular complexity index is 445. The van der Waals surface area contributed by atoms with Gasteiger partial charge in [0.2, 0.25) is 0 Å². The summed E-state index contributed by atoms with van der Waals surface area (Å²) in [6, 6.07) is -3.13. The van der Waals surface area contributed by atoms with Crippen LogP contribution in [-0.2, 0) is 0 Å². The molecular formula is C6H9BrN2. The number of aromatic nitrogens is 2. The SMILES string of the molecule is [2H]c1nc(Br)c([2H])n1C([2H])(C([2H])([2H])[2H])C([2H])([2H])[2H]. The van der Waals surface area contributed by atoms with Gasteiger partial charge in [0.05, 0.1) is 9.04 Å². The van der Waals surface area contributed by atoms with Crippen LogP contribution < -0.4 is 0 Å². The van der Waals surface area contributed by atoms with Gasteiger partial charge in [-0.25, -0.2) is 4.98 Å². The summed E-state index contributed by atoms with van der Waals surface area (Å²) in [6.07, 6.45) is -1.41. The molecule has 0 bridgehead atoms. The van der Waals surface area contributed by atoms with Crippen LogP contribution in [0.2, 0.25) is 0 Å². The van der Waals surface area contributed by atoms with E-state index in [9.17, 15) is 0 Å². The maximum absolute atomic E-state index is 7.80. The van der Waals surface area contributed by atoms with Crippen molar-refractivity contribution >= 4 is 15.9 Å². The summed E-state index contributed by atoms with van der Waals surface area (Å²) in [5.41, 5.74) is 0. The highest BCUT2D eigenvalue weighted by molar-refractivity contribution is 9.10. The van der Waals surface area contributed by atoms with Crippen LogP contribution in [0, 0.1) is 0 Å². The van der Waals surface area contributed by atoms with E-state index in [1.165, 1.54) is 0 Å². The lowest BCUT2D eigenvalue weighted by atomic mass is 10.4. The van der Waals surface area contributed by atoms with Gasteiger partial charge < -0.3 is 4.57 Å². The molecule has 50 valence electrons. The zero-order valence-electron chi connectivity index (χ0n) is 13.3. The number of halogens is 1. The van der Waals surface area contributed by atoms with Crippen LogP contribution in [0.4, 0.5) is 0 Å². The van der Waals surface area contributed by atoms with E-state index in [1.54, 1.807) is 0 Å². The van der Waals surface area contributed by atoms with Gasteiger partial charge >= 0.3 is 0 Å². The summed E-state index contributed by atoms with van der Waals surface area (Å²) in [4.78, 5) is 3.44. The Labute approximate surface area is 75.7 Å². The molecule has 0 aliphatic heterocycles. The third kappa shape index (κ3) is 1.55. The van der Waals surface area contributed by atoms with Gasteiger partial charge in [0.25, 0.3) is 0 Å². The first-order valence-electron chi connectivity index (χ1n) is 6.56. The molecule has 0 fully saturated rings. The highest BCUT2D eigenvalue weighted by atomic mass is 79.9. The highest BCUT2D eigenvalue weighted by Crippen LogP contribution is 2.09. The number of imidazole rings is 1. The van der Waals surface area contributed by atoms with Crippen molar-refractivity contribution in [3.63, 3.8) is 0 Å². The maximum Gasteiger partial charge on any atom is 0.124 e. The van der Waals surface area contributed by atoms with Gasteiger partial charge in [0.15, 0.2) is 0 Å². The third-order valence-corrected chi connectivity index (χ3v) is 1.03. The van der Waals surface area contributed by atoms with Gasteiger partial charge in [0, 0.05) is 20.4 Å². The Morgan fingerprint density at radius 2 is 2.89 bits per heavy atom. The number of rotatable bonds is 1. The zero-order chi connectivity index (χ0) is 14.5. The van der Waals surface area contributed by atoms with Crippen molar-refractivity contribution in [2.24, 2.45) is 0 Å². The monoisotopic (exact) mass is 197 g/mol. The molecule has 0 N–H and O–H groups in total. The van der Waals surface area contributed by atoms with Crippen molar-refractivity contribution in [2.75, 3.05) is 0 Å². The topological polar surface area (TPSA) is 17.8 Å². The Morgan fingerprint density at radius 3 is 3.33 bits per heavy atom. The van der Waals surface area contributed by atoms with E-state index in [4.69, 9.17) is 12.3 Å². The average Bonchev–Trinajstić information content (AvgIpc) is 2.36. The van der Waals surface area contributed by atoms with Gasteiger partial charge in [0.1, 0.15) is 5.97 Å². The zero-order valence-corrected chi connectivity index (χ0v) is 5.86. The van der Waals surface area contributed by atoms with Gasteiger partial charge in [-0.2, -0.15) is 0 Å². The predicted octanol–water partition coefficient (Wildman–Crippen LogP) is 2.23. The quantitative estimate of drug-likeness (QED) is 0.676. The van der Waals surface area contributed by atoms with Gasteiger partial charge in [-0.1, -0.05) is 0 Å². The van der Waals surface area contributed by atoms with Crippen molar-refractivity contribution in [3.05, 3.63) is 17.1 Å². The Morgan fingerprint density at radius 1 is 2.11 bits per heavy atom. The van der Waals surface area contributed by atoms with Crippen LogP contribution in [0.3, 0.4) is 0 Å². The summed E-state index contributed by atoms with van der Waals surface area (Å²) in [5.74, 6) is 0. The molecule has 3 heteroatoms. The van der Waals surface area contributed by atoms with Crippen molar-refractivity contribution in [1.29, 1.82) is 0 Å². The summed E-state index contributed by atoms with van der Waals surface area (Å²) < 4.78 is 66.3. The largest absolute Gasteiger partial charge is 0.334 e. The second-order valence-electron chi connectivity index (χ2n) is 1.30. The first kappa shape index (κ1) is 1.64. The molecule has 1 aromatic heterocycles. The van der Waals surface area contributed by atoms with Crippen LogP contribution >= 0.6 is 15.9 Å². The molecule has 0 atom stereocenters. The van der Waals surface area contributed by atoms with Crippen LogP contribution in [-0.4, -0.2) is 9.55 Å². The summed E-state index contributed by atoms with van der Waals surface area (Å²) in [6.45, 7) is -6.49. The molecule has 0 saturated carbocycles. The molecule has 0 radical (unpaired) electrons. The van der Waals surface area contributed by atoms with E-state index >= 15 is 0 Å². The van der Waals surface area contributed by atoms with Gasteiger partial charge in [-0.3, -0.25) is 0 Å². The molecule has 0 amide bonds. The second-order valence-corrected chi connectivity index (χ2v) is 2.05. The molecule has 2 nitrogen and oxygen atoms in total. The lowest BCUT2D eigenvalue weighted by Gasteiger charge is -2.02. The molecular weight excluding hydrogens is 180 g/mol. The first-order chi connectivity index (χ1) is 7.84. The summed E-state index contributed by atoms with van der Waals surface area (Å²) in [7, 11) is 0. The van der Waals surface area contributed by atoms with E-state index in [0.29, 0.717) is 0 Å². The minimum Gasteiger partial charge on any atom is -0.334 e. The second kappa shape index (κ2) is 2.52. The number of hydrogen-bond donors (Lipinski definition) is 0. The van der Waals surface area contributed by atoms with Crippen molar-refractivity contribution in [1.82, 2.24) is 9.55 Å².